The molecule has 14 heavy (non-hydrogen) atoms. The van der Waals surface area contributed by atoms with Gasteiger partial charge in [-0.05, 0) is 12.1 Å². The van der Waals surface area contributed by atoms with Gasteiger partial charge in [-0.2, -0.15) is 0 Å². The molecule has 1 heterocycles. The second-order valence-corrected chi connectivity index (χ2v) is 2.96. The van der Waals surface area contributed by atoms with Crippen molar-refractivity contribution in [2.45, 2.75) is 6.61 Å². The minimum Gasteiger partial charge on any atom is -0.486 e. The number of nitrogens with zero attached hydrogens (tertiary/aromatic N) is 3. The first-order valence-electron chi connectivity index (χ1n) is 4.37. The largest absolute Gasteiger partial charge is 0.486 e. The highest BCUT2D eigenvalue weighted by molar-refractivity contribution is 5.20. The number of hydrogen-bond acceptors (Lipinski definition) is 3. The Morgan fingerprint density at radius 1 is 1.29 bits per heavy atom. The maximum Gasteiger partial charge on any atom is 0.170 e. The summed E-state index contributed by atoms with van der Waals surface area (Å²) in [5.41, 5.74) is 0. The molecule has 0 aliphatic heterocycles. The van der Waals surface area contributed by atoms with E-state index in [0.717, 1.165) is 11.6 Å². The number of para-hydroxylation sites is 1. The van der Waals surface area contributed by atoms with E-state index < -0.39 is 0 Å². The number of hydrogen-bond donors (Lipinski definition) is 0. The van der Waals surface area contributed by atoms with Gasteiger partial charge in [-0.15, -0.1) is 10.2 Å². The molecule has 0 aliphatic rings. The first-order chi connectivity index (χ1) is 6.86. The topological polar surface area (TPSA) is 39.9 Å². The van der Waals surface area contributed by atoms with Gasteiger partial charge in [0.25, 0.3) is 0 Å². The van der Waals surface area contributed by atoms with Gasteiger partial charge in [0.1, 0.15) is 18.7 Å². The van der Waals surface area contributed by atoms with Crippen molar-refractivity contribution >= 4 is 0 Å². The van der Waals surface area contributed by atoms with E-state index in [1.807, 2.05) is 41.9 Å². The van der Waals surface area contributed by atoms with Gasteiger partial charge in [0.2, 0.25) is 0 Å². The fraction of sp³-hybridized carbons (Fsp3) is 0.200. The SMILES string of the molecule is Cn1cnnc1COc1ccccc1. The van der Waals surface area contributed by atoms with Crippen LogP contribution in [0.5, 0.6) is 5.75 Å². The first kappa shape index (κ1) is 8.74. The molecule has 0 radical (unpaired) electrons. The lowest BCUT2D eigenvalue weighted by Crippen LogP contribution is -2.02. The molecule has 0 bridgehead atoms. The lowest BCUT2D eigenvalue weighted by atomic mass is 10.3. The van der Waals surface area contributed by atoms with Crippen molar-refractivity contribution in [1.82, 2.24) is 14.8 Å². The highest BCUT2D eigenvalue weighted by atomic mass is 16.5. The molecule has 1 aromatic carbocycles. The van der Waals surface area contributed by atoms with Gasteiger partial charge < -0.3 is 9.30 Å². The van der Waals surface area contributed by atoms with Gasteiger partial charge in [-0.1, -0.05) is 18.2 Å². The maximum absolute atomic E-state index is 5.51. The average Bonchev–Trinajstić information content (AvgIpc) is 2.63. The van der Waals surface area contributed by atoms with E-state index in [2.05, 4.69) is 10.2 Å². The summed E-state index contributed by atoms with van der Waals surface area (Å²) in [6, 6.07) is 9.65. The van der Waals surface area contributed by atoms with Crippen LogP contribution in [0.3, 0.4) is 0 Å². The number of benzene rings is 1. The Bertz CT molecular complexity index is 397. The standard InChI is InChI=1S/C10H11N3O/c1-13-8-11-12-10(13)7-14-9-5-3-2-4-6-9/h2-6,8H,7H2,1H3. The van der Waals surface area contributed by atoms with E-state index in [4.69, 9.17) is 4.74 Å². The lowest BCUT2D eigenvalue weighted by Gasteiger charge is -2.04. The summed E-state index contributed by atoms with van der Waals surface area (Å²) in [4.78, 5) is 0. The molecule has 0 atom stereocenters. The van der Waals surface area contributed by atoms with Crippen molar-refractivity contribution in [2.75, 3.05) is 0 Å². The third-order valence-corrected chi connectivity index (χ3v) is 1.92. The van der Waals surface area contributed by atoms with Crippen LogP contribution in [0.4, 0.5) is 0 Å². The van der Waals surface area contributed by atoms with E-state index >= 15 is 0 Å². The Kier molecular flexibility index (Phi) is 2.44. The normalized spacial score (nSPS) is 10.1. The van der Waals surface area contributed by atoms with E-state index in [-0.39, 0.29) is 0 Å². The van der Waals surface area contributed by atoms with Crippen molar-refractivity contribution in [2.24, 2.45) is 7.05 Å². The predicted octanol–water partition coefficient (Wildman–Crippen LogP) is 1.39. The van der Waals surface area contributed by atoms with Crippen LogP contribution in [-0.4, -0.2) is 14.8 Å². The quantitative estimate of drug-likeness (QED) is 0.732. The highest BCUT2D eigenvalue weighted by Gasteiger charge is 2.00. The molecule has 0 spiro atoms. The lowest BCUT2D eigenvalue weighted by molar-refractivity contribution is 0.291. The van der Waals surface area contributed by atoms with Crippen molar-refractivity contribution < 1.29 is 4.74 Å². The molecule has 2 rings (SSSR count). The minimum absolute atomic E-state index is 0.445. The Labute approximate surface area is 82.2 Å². The zero-order valence-corrected chi connectivity index (χ0v) is 7.92. The van der Waals surface area contributed by atoms with Crippen molar-refractivity contribution in [3.8, 4) is 5.75 Å². The van der Waals surface area contributed by atoms with Gasteiger partial charge in [-0.25, -0.2) is 0 Å². The monoisotopic (exact) mass is 189 g/mol. The number of rotatable bonds is 3. The van der Waals surface area contributed by atoms with E-state index in [9.17, 15) is 0 Å². The molecule has 0 unspecified atom stereocenters. The highest BCUT2D eigenvalue weighted by Crippen LogP contribution is 2.09. The van der Waals surface area contributed by atoms with Crippen LogP contribution >= 0.6 is 0 Å². The van der Waals surface area contributed by atoms with Crippen molar-refractivity contribution in [1.29, 1.82) is 0 Å². The molecular weight excluding hydrogens is 178 g/mol. The molecule has 4 nitrogen and oxygen atoms in total. The predicted molar refractivity (Wildman–Crippen MR) is 51.8 cm³/mol. The summed E-state index contributed by atoms with van der Waals surface area (Å²) < 4.78 is 7.34. The van der Waals surface area contributed by atoms with Gasteiger partial charge in [0.15, 0.2) is 5.82 Å². The van der Waals surface area contributed by atoms with E-state index in [1.165, 1.54) is 0 Å². The van der Waals surface area contributed by atoms with Crippen LogP contribution in [0.25, 0.3) is 0 Å². The van der Waals surface area contributed by atoms with Crippen molar-refractivity contribution in [3.05, 3.63) is 42.5 Å². The second kappa shape index (κ2) is 3.91. The van der Waals surface area contributed by atoms with Gasteiger partial charge in [0, 0.05) is 7.05 Å². The second-order valence-electron chi connectivity index (χ2n) is 2.96. The zero-order valence-electron chi connectivity index (χ0n) is 7.92. The molecule has 2 aromatic rings. The third kappa shape index (κ3) is 1.90. The molecule has 0 amide bonds. The van der Waals surface area contributed by atoms with Crippen LogP contribution in [-0.2, 0) is 13.7 Å². The fourth-order valence-corrected chi connectivity index (χ4v) is 1.10. The summed E-state index contributed by atoms with van der Waals surface area (Å²) in [6.45, 7) is 0.445. The summed E-state index contributed by atoms with van der Waals surface area (Å²) in [6.07, 6.45) is 1.66. The summed E-state index contributed by atoms with van der Waals surface area (Å²) >= 11 is 0. The first-order valence-corrected chi connectivity index (χ1v) is 4.37. The fourth-order valence-electron chi connectivity index (χ4n) is 1.10. The summed E-state index contributed by atoms with van der Waals surface area (Å²) in [5, 5.41) is 7.69. The summed E-state index contributed by atoms with van der Waals surface area (Å²) in [7, 11) is 1.89. The molecule has 0 N–H and O–H groups in total. The molecule has 0 aliphatic carbocycles. The molecule has 0 saturated heterocycles. The third-order valence-electron chi connectivity index (χ3n) is 1.92. The van der Waals surface area contributed by atoms with E-state index in [1.54, 1.807) is 6.33 Å². The van der Waals surface area contributed by atoms with Crippen molar-refractivity contribution in [3.63, 3.8) is 0 Å². The Morgan fingerprint density at radius 2 is 2.07 bits per heavy atom. The average molecular weight is 189 g/mol. The molecule has 72 valence electrons. The minimum atomic E-state index is 0.445. The van der Waals surface area contributed by atoms with Crippen LogP contribution in [0.15, 0.2) is 36.7 Å². The Hall–Kier alpha value is -1.84. The smallest absolute Gasteiger partial charge is 0.170 e. The zero-order chi connectivity index (χ0) is 9.80. The number of aromatic nitrogens is 3. The van der Waals surface area contributed by atoms with Gasteiger partial charge in [-0.3, -0.25) is 0 Å². The Morgan fingerprint density at radius 3 is 2.71 bits per heavy atom. The van der Waals surface area contributed by atoms with Crippen LogP contribution < -0.4 is 4.74 Å². The van der Waals surface area contributed by atoms with Gasteiger partial charge in [0.05, 0.1) is 0 Å². The van der Waals surface area contributed by atoms with Crippen LogP contribution in [0.2, 0.25) is 0 Å². The van der Waals surface area contributed by atoms with Gasteiger partial charge >= 0.3 is 0 Å². The molecule has 4 heteroatoms. The van der Waals surface area contributed by atoms with E-state index in [0.29, 0.717) is 6.61 Å². The molecule has 0 saturated carbocycles. The molecule has 0 fully saturated rings. The number of ether oxygens (including phenoxy) is 1. The van der Waals surface area contributed by atoms with Crippen LogP contribution in [0, 0.1) is 0 Å². The Balaban J connectivity index is 1.99. The summed E-state index contributed by atoms with van der Waals surface area (Å²) in [5.74, 6) is 1.66. The molecule has 1 aromatic heterocycles. The molecular formula is C10H11N3O. The van der Waals surface area contributed by atoms with Crippen LogP contribution in [0.1, 0.15) is 5.82 Å². The number of aryl methyl sites for hydroxylation is 1. The maximum atomic E-state index is 5.51.